The standard InChI is InChI=1S/C48H53F2N13O4/c1-47(2,29-14-16-60(17-15-29)35-7-5-6-31-39(57-59(4)41(31)35)32-11-13-38(64)55-45(32)65)62-20-18-61(19-21-62)36-23-37(63-44(54-36)28(24-51)25-52-63)53-30-10-12-34-33(22-30)40-42(46(66)58(34)3)67-26-48(49,50)43(56-40)27-8-9-27/h5-7,10,12,22-23,25,27,29,32,43,53,56H,8-9,11,13-21,26H2,1-4H3,(H,55,64,65)/t32?,43-/m0/s1. The van der Waals surface area contributed by atoms with Crippen LogP contribution in [0.25, 0.3) is 27.5 Å². The second-order valence-electron chi connectivity index (χ2n) is 19.4. The summed E-state index contributed by atoms with van der Waals surface area (Å²) in [6.45, 7) is 8.67. The topological polar surface area (TPSA) is 183 Å². The second-order valence-corrected chi connectivity index (χ2v) is 19.4. The van der Waals surface area contributed by atoms with Crippen molar-refractivity contribution in [1.29, 1.82) is 5.26 Å². The Morgan fingerprint density at radius 3 is 2.45 bits per heavy atom. The van der Waals surface area contributed by atoms with Gasteiger partial charge in [0.1, 0.15) is 23.3 Å². The van der Waals surface area contributed by atoms with Crippen LogP contribution < -0.4 is 36.0 Å². The van der Waals surface area contributed by atoms with E-state index in [9.17, 15) is 19.6 Å². The maximum atomic E-state index is 15.3. The highest BCUT2D eigenvalue weighted by atomic mass is 19.3. The van der Waals surface area contributed by atoms with Gasteiger partial charge in [-0.25, -0.2) is 13.8 Å². The van der Waals surface area contributed by atoms with E-state index < -0.39 is 30.0 Å². The fraction of sp³-hybridized carbons (Fsp3) is 0.479. The number of aromatic nitrogens is 6. The number of aryl methyl sites for hydroxylation is 2. The third kappa shape index (κ3) is 7.27. The van der Waals surface area contributed by atoms with Crippen molar-refractivity contribution in [3.8, 4) is 11.8 Å². The van der Waals surface area contributed by atoms with Crippen molar-refractivity contribution >= 4 is 68.0 Å². The van der Waals surface area contributed by atoms with Crippen LogP contribution in [0.5, 0.6) is 5.75 Å². The van der Waals surface area contributed by atoms with Gasteiger partial charge in [-0.3, -0.25) is 29.3 Å². The van der Waals surface area contributed by atoms with Gasteiger partial charge in [0.05, 0.1) is 46.3 Å². The number of rotatable bonds is 8. The Morgan fingerprint density at radius 1 is 0.940 bits per heavy atom. The fourth-order valence-corrected chi connectivity index (χ4v) is 11.1. The molecule has 6 aromatic rings. The van der Waals surface area contributed by atoms with Crippen molar-refractivity contribution in [2.75, 3.05) is 66.3 Å². The van der Waals surface area contributed by atoms with Gasteiger partial charge in [-0.2, -0.15) is 20.0 Å². The van der Waals surface area contributed by atoms with Crippen LogP contribution in [-0.4, -0.2) is 109 Å². The Labute approximate surface area is 384 Å². The molecule has 8 heterocycles. The lowest BCUT2D eigenvalue weighted by Crippen LogP contribution is -2.59. The molecule has 0 bridgehead atoms. The highest BCUT2D eigenvalue weighted by molar-refractivity contribution is 6.04. The van der Waals surface area contributed by atoms with E-state index in [1.54, 1.807) is 17.6 Å². The number of hydrogen-bond donors (Lipinski definition) is 3. The molecule has 1 unspecified atom stereocenters. The number of nitrogens with one attached hydrogen (secondary N) is 3. The number of fused-ring (bicyclic) bond motifs is 5. The van der Waals surface area contributed by atoms with E-state index >= 15 is 8.78 Å². The summed E-state index contributed by atoms with van der Waals surface area (Å²) in [7, 11) is 3.53. The molecule has 17 nitrogen and oxygen atoms in total. The molecule has 2 atom stereocenters. The average molecular weight is 914 g/mol. The molecule has 3 N–H and O–H groups in total. The van der Waals surface area contributed by atoms with Gasteiger partial charge in [0, 0.05) is 87.8 Å². The molecule has 2 amide bonds. The summed E-state index contributed by atoms with van der Waals surface area (Å²) in [4.78, 5) is 50.3. The Kier molecular flexibility index (Phi) is 10.2. The molecular formula is C48H53F2N13O4. The van der Waals surface area contributed by atoms with Crippen molar-refractivity contribution in [1.82, 2.24) is 39.2 Å². The van der Waals surface area contributed by atoms with Gasteiger partial charge in [-0.1, -0.05) is 12.1 Å². The van der Waals surface area contributed by atoms with Gasteiger partial charge in [0.2, 0.25) is 17.6 Å². The normalized spacial score (nSPS) is 21.7. The largest absolute Gasteiger partial charge is 0.480 e. The number of piperidine rings is 2. The van der Waals surface area contributed by atoms with Gasteiger partial charge >= 0.3 is 5.92 Å². The zero-order chi connectivity index (χ0) is 46.5. The van der Waals surface area contributed by atoms with Crippen molar-refractivity contribution in [2.24, 2.45) is 25.9 Å². The Balaban J connectivity index is 0.802. The number of pyridine rings is 1. The summed E-state index contributed by atoms with van der Waals surface area (Å²) in [5.41, 5.74) is 4.45. The van der Waals surface area contributed by atoms with E-state index in [4.69, 9.17) is 14.8 Å². The maximum Gasteiger partial charge on any atom is 0.301 e. The molecule has 67 heavy (non-hydrogen) atoms. The number of halogens is 2. The number of alkyl halides is 2. The van der Waals surface area contributed by atoms with Gasteiger partial charge in [0.15, 0.2) is 12.3 Å². The van der Waals surface area contributed by atoms with Gasteiger partial charge in [0.25, 0.3) is 5.56 Å². The second kappa shape index (κ2) is 15.9. The predicted molar refractivity (Wildman–Crippen MR) is 249 cm³/mol. The summed E-state index contributed by atoms with van der Waals surface area (Å²) in [5, 5.41) is 29.9. The number of nitriles is 1. The highest BCUT2D eigenvalue weighted by Crippen LogP contribution is 2.46. The van der Waals surface area contributed by atoms with Crippen LogP contribution in [0.3, 0.4) is 0 Å². The van der Waals surface area contributed by atoms with E-state index in [1.165, 1.54) is 10.8 Å². The zero-order valence-corrected chi connectivity index (χ0v) is 38.0. The van der Waals surface area contributed by atoms with Crippen molar-refractivity contribution < 1.29 is 23.1 Å². The number of nitrogens with zero attached hydrogens (tertiary/aromatic N) is 10. The fourth-order valence-electron chi connectivity index (χ4n) is 11.1. The lowest BCUT2D eigenvalue weighted by Gasteiger charge is -2.50. The van der Waals surface area contributed by atoms with Gasteiger partial charge in [-0.15, -0.1) is 0 Å². The van der Waals surface area contributed by atoms with Gasteiger partial charge in [-0.05, 0) is 82.1 Å². The minimum Gasteiger partial charge on any atom is -0.480 e. The number of piperazine rings is 1. The van der Waals surface area contributed by atoms with Crippen LogP contribution in [0.15, 0.2) is 53.5 Å². The number of ether oxygens (including phenoxy) is 1. The molecule has 11 rings (SSSR count). The molecule has 0 radical (unpaired) electrons. The predicted octanol–water partition coefficient (Wildman–Crippen LogP) is 5.64. The Bertz CT molecular complexity index is 3100. The van der Waals surface area contributed by atoms with Crippen LogP contribution in [0, 0.1) is 23.2 Å². The zero-order valence-electron chi connectivity index (χ0n) is 38.0. The summed E-state index contributed by atoms with van der Waals surface area (Å²) < 4.78 is 41.1. The number of benzene rings is 2. The molecule has 3 saturated heterocycles. The number of hydrogen-bond acceptors (Lipinski definition) is 13. The minimum absolute atomic E-state index is 0.0779. The third-order valence-corrected chi connectivity index (χ3v) is 15.2. The van der Waals surface area contributed by atoms with Gasteiger partial charge < -0.3 is 29.7 Å². The smallest absolute Gasteiger partial charge is 0.301 e. The number of para-hydroxylation sites is 1. The van der Waals surface area contributed by atoms with Crippen molar-refractivity contribution in [3.05, 3.63) is 70.3 Å². The molecular weight excluding hydrogens is 861 g/mol. The molecule has 0 spiro atoms. The van der Waals surface area contributed by atoms with E-state index in [1.807, 2.05) is 42.1 Å². The van der Waals surface area contributed by atoms with Crippen molar-refractivity contribution in [2.45, 2.75) is 75.8 Å². The summed E-state index contributed by atoms with van der Waals surface area (Å²) in [6, 6.07) is 14.6. The average Bonchev–Trinajstić information content (AvgIpc) is 4.01. The van der Waals surface area contributed by atoms with Crippen LogP contribution in [0.4, 0.5) is 37.5 Å². The van der Waals surface area contributed by atoms with Crippen LogP contribution in [0.2, 0.25) is 0 Å². The Morgan fingerprint density at radius 2 is 1.72 bits per heavy atom. The molecule has 5 aliphatic rings. The molecule has 2 aromatic carbocycles. The maximum absolute atomic E-state index is 15.3. The van der Waals surface area contributed by atoms with Crippen LogP contribution in [0.1, 0.15) is 69.5 Å². The number of imide groups is 1. The first-order valence-electron chi connectivity index (χ1n) is 23.2. The van der Waals surface area contributed by atoms with Crippen molar-refractivity contribution in [3.63, 3.8) is 0 Å². The summed E-state index contributed by atoms with van der Waals surface area (Å²) in [6.07, 6.45) is 5.65. The number of amides is 2. The quantitative estimate of drug-likeness (QED) is 0.160. The molecule has 4 fully saturated rings. The first-order valence-corrected chi connectivity index (χ1v) is 23.2. The molecule has 4 aliphatic heterocycles. The molecule has 348 valence electrons. The molecule has 1 saturated carbocycles. The minimum atomic E-state index is -3.16. The van der Waals surface area contributed by atoms with E-state index in [2.05, 4.69) is 61.7 Å². The SMILES string of the molecule is Cn1nc(C2CCC(=O)NC2=O)c2cccc(N3CCC(C(C)(C)N4CCN(c5cc(Nc6ccc7c(c6)c6c(c(=O)n7C)OCC(F)(F)[C@H](C7CC7)N6)n6ncc(C#N)c6n5)CC4)CC3)c21. The van der Waals surface area contributed by atoms with E-state index in [0.717, 1.165) is 61.3 Å². The first-order chi connectivity index (χ1) is 32.2. The van der Waals surface area contributed by atoms with E-state index in [-0.39, 0.29) is 34.7 Å². The number of carbonyl (C=O) groups excluding carboxylic acids is 2. The number of carbonyl (C=O) groups is 2. The van der Waals surface area contributed by atoms with Crippen LogP contribution >= 0.6 is 0 Å². The molecule has 4 aromatic heterocycles. The summed E-state index contributed by atoms with van der Waals surface area (Å²) in [5.74, 6) is -2.75. The highest BCUT2D eigenvalue weighted by Gasteiger charge is 2.51. The Hall–Kier alpha value is -6.81. The lowest BCUT2D eigenvalue weighted by atomic mass is 9.78. The number of anilines is 5. The lowest BCUT2D eigenvalue weighted by molar-refractivity contribution is -0.134. The third-order valence-electron chi connectivity index (χ3n) is 15.2. The van der Waals surface area contributed by atoms with E-state index in [0.29, 0.717) is 84.1 Å². The molecule has 1 aliphatic carbocycles. The monoisotopic (exact) mass is 913 g/mol. The summed E-state index contributed by atoms with van der Waals surface area (Å²) >= 11 is 0. The van der Waals surface area contributed by atoms with Crippen LogP contribution in [-0.2, 0) is 23.7 Å². The molecule has 19 heteroatoms. The first kappa shape index (κ1) is 42.8.